The zero-order chi connectivity index (χ0) is 9.97. The van der Waals surface area contributed by atoms with Crippen LogP contribution in [0.4, 0.5) is 0 Å². The smallest absolute Gasteiger partial charge is 0.208 e. The Morgan fingerprint density at radius 1 is 1.43 bits per heavy atom. The lowest BCUT2D eigenvalue weighted by Crippen LogP contribution is -1.94. The van der Waals surface area contributed by atoms with Gasteiger partial charge in [-0.25, -0.2) is 4.98 Å². The summed E-state index contributed by atoms with van der Waals surface area (Å²) in [6.07, 6.45) is 1.59. The molecule has 0 radical (unpaired) electrons. The van der Waals surface area contributed by atoms with Crippen LogP contribution in [0.3, 0.4) is 0 Å². The van der Waals surface area contributed by atoms with E-state index in [4.69, 9.17) is 10.2 Å². The molecular formula is C10H10N2O2. The molecule has 1 aromatic heterocycles. The van der Waals surface area contributed by atoms with Crippen molar-refractivity contribution in [2.45, 2.75) is 6.54 Å². The number of benzene rings is 1. The van der Waals surface area contributed by atoms with Crippen LogP contribution in [-0.2, 0) is 6.54 Å². The van der Waals surface area contributed by atoms with Gasteiger partial charge in [-0.15, -0.1) is 0 Å². The molecule has 0 aliphatic rings. The van der Waals surface area contributed by atoms with Crippen LogP contribution in [0.2, 0.25) is 0 Å². The second kappa shape index (κ2) is 3.51. The molecule has 4 nitrogen and oxygen atoms in total. The molecule has 4 heteroatoms. The van der Waals surface area contributed by atoms with Crippen molar-refractivity contribution in [3.63, 3.8) is 0 Å². The van der Waals surface area contributed by atoms with E-state index in [1.54, 1.807) is 24.4 Å². The molecule has 0 bridgehead atoms. The molecule has 14 heavy (non-hydrogen) atoms. The first-order chi connectivity index (χ1) is 6.79. The van der Waals surface area contributed by atoms with Gasteiger partial charge < -0.3 is 15.3 Å². The number of aromatic nitrogens is 1. The summed E-state index contributed by atoms with van der Waals surface area (Å²) >= 11 is 0. The van der Waals surface area contributed by atoms with Gasteiger partial charge in [0.25, 0.3) is 0 Å². The summed E-state index contributed by atoms with van der Waals surface area (Å²) in [5, 5.41) is 9.25. The van der Waals surface area contributed by atoms with Crippen molar-refractivity contribution < 1.29 is 9.52 Å². The Bertz CT molecular complexity index is 437. The molecular weight excluding hydrogens is 180 g/mol. The van der Waals surface area contributed by atoms with E-state index in [0.717, 1.165) is 5.56 Å². The van der Waals surface area contributed by atoms with E-state index in [1.165, 1.54) is 0 Å². The molecule has 1 heterocycles. The Morgan fingerprint density at radius 3 is 2.93 bits per heavy atom. The predicted octanol–water partition coefficient (Wildman–Crippen LogP) is 1.51. The fraction of sp³-hybridized carbons (Fsp3) is 0.100. The highest BCUT2D eigenvalue weighted by molar-refractivity contribution is 5.58. The van der Waals surface area contributed by atoms with Crippen molar-refractivity contribution in [2.75, 3.05) is 0 Å². The minimum atomic E-state index is 0.202. The highest BCUT2D eigenvalue weighted by atomic mass is 16.4. The van der Waals surface area contributed by atoms with E-state index in [1.807, 2.05) is 6.07 Å². The molecule has 0 unspecified atom stereocenters. The van der Waals surface area contributed by atoms with Gasteiger partial charge in [-0.05, 0) is 12.1 Å². The number of aromatic hydroxyl groups is 1. The van der Waals surface area contributed by atoms with E-state index in [2.05, 4.69) is 4.98 Å². The zero-order valence-electron chi connectivity index (χ0n) is 7.47. The van der Waals surface area contributed by atoms with Crippen molar-refractivity contribution >= 4 is 0 Å². The zero-order valence-corrected chi connectivity index (χ0v) is 7.47. The van der Waals surface area contributed by atoms with Gasteiger partial charge in [0.05, 0.1) is 12.7 Å². The van der Waals surface area contributed by atoms with Gasteiger partial charge in [0.1, 0.15) is 5.75 Å². The van der Waals surface area contributed by atoms with E-state index >= 15 is 0 Å². The highest BCUT2D eigenvalue weighted by Crippen LogP contribution is 2.23. The Balaban J connectivity index is 2.39. The molecule has 3 N–H and O–H groups in total. The number of hydrogen-bond acceptors (Lipinski definition) is 4. The fourth-order valence-electron chi connectivity index (χ4n) is 1.20. The van der Waals surface area contributed by atoms with Gasteiger partial charge in [-0.1, -0.05) is 12.1 Å². The van der Waals surface area contributed by atoms with Crippen LogP contribution in [0.1, 0.15) is 5.89 Å². The van der Waals surface area contributed by atoms with Crippen molar-refractivity contribution in [2.24, 2.45) is 5.73 Å². The monoisotopic (exact) mass is 190 g/mol. The summed E-state index contributed by atoms with van der Waals surface area (Å²) in [5.41, 5.74) is 6.15. The normalized spacial score (nSPS) is 10.4. The number of phenolic OH excluding ortho intramolecular Hbond substituents is 1. The number of nitrogens with zero attached hydrogens (tertiary/aromatic N) is 1. The van der Waals surface area contributed by atoms with Gasteiger partial charge in [0.15, 0.2) is 5.76 Å². The average molecular weight is 190 g/mol. The first-order valence-electron chi connectivity index (χ1n) is 4.24. The first-order valence-corrected chi connectivity index (χ1v) is 4.24. The second-order valence-electron chi connectivity index (χ2n) is 2.87. The fourth-order valence-corrected chi connectivity index (χ4v) is 1.20. The lowest BCUT2D eigenvalue weighted by Gasteiger charge is -1.96. The van der Waals surface area contributed by atoms with Gasteiger partial charge in [0.2, 0.25) is 5.89 Å². The van der Waals surface area contributed by atoms with Gasteiger partial charge >= 0.3 is 0 Å². The topological polar surface area (TPSA) is 72.3 Å². The molecule has 0 saturated heterocycles. The quantitative estimate of drug-likeness (QED) is 0.752. The molecule has 72 valence electrons. The van der Waals surface area contributed by atoms with Crippen LogP contribution in [-0.4, -0.2) is 10.1 Å². The van der Waals surface area contributed by atoms with E-state index in [9.17, 15) is 5.11 Å². The largest absolute Gasteiger partial charge is 0.508 e. The summed E-state index contributed by atoms with van der Waals surface area (Å²) in [6, 6.07) is 6.79. The van der Waals surface area contributed by atoms with E-state index in [-0.39, 0.29) is 12.3 Å². The summed E-state index contributed by atoms with van der Waals surface area (Å²) in [6.45, 7) is 0.277. The van der Waals surface area contributed by atoms with Crippen LogP contribution in [0.5, 0.6) is 5.75 Å². The summed E-state index contributed by atoms with van der Waals surface area (Å²) in [5.74, 6) is 1.30. The van der Waals surface area contributed by atoms with E-state index < -0.39 is 0 Å². The van der Waals surface area contributed by atoms with Crippen molar-refractivity contribution in [3.05, 3.63) is 36.4 Å². The number of oxazole rings is 1. The maximum Gasteiger partial charge on any atom is 0.208 e. The minimum absolute atomic E-state index is 0.202. The van der Waals surface area contributed by atoms with Crippen molar-refractivity contribution in [1.29, 1.82) is 0 Å². The predicted molar refractivity (Wildman–Crippen MR) is 51.5 cm³/mol. The number of hydrogen-bond donors (Lipinski definition) is 2. The Morgan fingerprint density at radius 2 is 2.29 bits per heavy atom. The molecule has 0 amide bonds. The maximum absolute atomic E-state index is 9.25. The third-order valence-corrected chi connectivity index (χ3v) is 1.86. The lowest BCUT2D eigenvalue weighted by molar-refractivity contribution is 0.474. The Kier molecular flexibility index (Phi) is 2.20. The van der Waals surface area contributed by atoms with Gasteiger partial charge in [-0.3, -0.25) is 0 Å². The SMILES string of the molecule is NCc1ncc(-c2cccc(O)c2)o1. The number of nitrogens with two attached hydrogens (primary N) is 1. The Labute approximate surface area is 81.0 Å². The molecule has 1 aromatic carbocycles. The van der Waals surface area contributed by atoms with Crippen LogP contribution >= 0.6 is 0 Å². The van der Waals surface area contributed by atoms with Gasteiger partial charge in [0, 0.05) is 5.56 Å². The summed E-state index contributed by atoms with van der Waals surface area (Å²) in [7, 11) is 0. The van der Waals surface area contributed by atoms with Crippen LogP contribution in [0, 0.1) is 0 Å². The number of rotatable bonds is 2. The first kappa shape index (κ1) is 8.77. The molecule has 0 aliphatic carbocycles. The summed E-state index contributed by atoms with van der Waals surface area (Å²) < 4.78 is 5.33. The molecule has 0 aliphatic heterocycles. The van der Waals surface area contributed by atoms with E-state index in [0.29, 0.717) is 11.7 Å². The highest BCUT2D eigenvalue weighted by Gasteiger charge is 2.04. The summed E-state index contributed by atoms with van der Waals surface area (Å²) in [4.78, 5) is 3.97. The molecule has 0 spiro atoms. The molecule has 0 saturated carbocycles. The molecule has 2 aromatic rings. The maximum atomic E-state index is 9.25. The van der Waals surface area contributed by atoms with Crippen LogP contribution < -0.4 is 5.73 Å². The third-order valence-electron chi connectivity index (χ3n) is 1.86. The van der Waals surface area contributed by atoms with Crippen LogP contribution in [0.15, 0.2) is 34.9 Å². The van der Waals surface area contributed by atoms with Crippen molar-refractivity contribution in [3.8, 4) is 17.1 Å². The molecule has 2 rings (SSSR count). The van der Waals surface area contributed by atoms with Crippen LogP contribution in [0.25, 0.3) is 11.3 Å². The standard InChI is InChI=1S/C10H10N2O2/c11-5-10-12-6-9(14-10)7-2-1-3-8(13)4-7/h1-4,6,13H,5,11H2. The molecule has 0 fully saturated rings. The Hall–Kier alpha value is -1.81. The van der Waals surface area contributed by atoms with Crippen molar-refractivity contribution in [1.82, 2.24) is 4.98 Å². The average Bonchev–Trinajstić information content (AvgIpc) is 2.66. The number of phenols is 1. The third kappa shape index (κ3) is 1.60. The molecule has 0 atom stereocenters. The lowest BCUT2D eigenvalue weighted by atomic mass is 10.2. The second-order valence-corrected chi connectivity index (χ2v) is 2.87. The minimum Gasteiger partial charge on any atom is -0.508 e. The van der Waals surface area contributed by atoms with Gasteiger partial charge in [-0.2, -0.15) is 0 Å².